The topological polar surface area (TPSA) is 49.3 Å². The molecule has 12 heavy (non-hydrogen) atoms. The number of carbonyl (C=O) groups excluding carboxylic acids is 1. The van der Waals surface area contributed by atoms with Crippen LogP contribution in [0.3, 0.4) is 0 Å². The van der Waals surface area contributed by atoms with Crippen molar-refractivity contribution in [1.29, 1.82) is 0 Å². The van der Waals surface area contributed by atoms with E-state index in [1.807, 2.05) is 0 Å². The molecule has 0 bridgehead atoms. The SMILES string of the molecule is CC(O)C(=O)NC1(C(F)F)CC1. The lowest BCUT2D eigenvalue weighted by Crippen LogP contribution is -2.46. The Labute approximate surface area is 68.8 Å². The smallest absolute Gasteiger partial charge is 0.261 e. The maximum Gasteiger partial charge on any atom is 0.261 e. The first kappa shape index (κ1) is 9.38. The van der Waals surface area contributed by atoms with Crippen LogP contribution in [0.4, 0.5) is 8.78 Å². The van der Waals surface area contributed by atoms with Crippen LogP contribution in [0.2, 0.25) is 0 Å². The van der Waals surface area contributed by atoms with E-state index >= 15 is 0 Å². The molecule has 1 aliphatic carbocycles. The largest absolute Gasteiger partial charge is 0.384 e. The number of carbonyl (C=O) groups is 1. The molecule has 0 saturated heterocycles. The Morgan fingerprint density at radius 2 is 2.08 bits per heavy atom. The van der Waals surface area contributed by atoms with Crippen LogP contribution in [-0.2, 0) is 4.79 Å². The molecule has 1 rings (SSSR count). The summed E-state index contributed by atoms with van der Waals surface area (Å²) in [5.41, 5.74) is -1.34. The van der Waals surface area contributed by atoms with Crippen molar-refractivity contribution >= 4 is 5.91 Å². The highest BCUT2D eigenvalue weighted by Crippen LogP contribution is 2.40. The summed E-state index contributed by atoms with van der Waals surface area (Å²) in [6.45, 7) is 1.25. The Morgan fingerprint density at radius 3 is 2.33 bits per heavy atom. The van der Waals surface area contributed by atoms with E-state index in [0.29, 0.717) is 12.8 Å². The van der Waals surface area contributed by atoms with Crippen molar-refractivity contribution in [3.63, 3.8) is 0 Å². The van der Waals surface area contributed by atoms with Gasteiger partial charge in [0.05, 0.1) is 0 Å². The summed E-state index contributed by atoms with van der Waals surface area (Å²) < 4.78 is 24.4. The second-order valence-electron chi connectivity index (χ2n) is 3.12. The van der Waals surface area contributed by atoms with Gasteiger partial charge in [-0.2, -0.15) is 0 Å². The fourth-order valence-corrected chi connectivity index (χ4v) is 0.882. The number of alkyl halides is 2. The first-order valence-corrected chi connectivity index (χ1v) is 3.76. The first-order valence-electron chi connectivity index (χ1n) is 3.76. The fraction of sp³-hybridized carbons (Fsp3) is 0.857. The van der Waals surface area contributed by atoms with Crippen molar-refractivity contribution in [2.45, 2.75) is 37.8 Å². The molecule has 1 aliphatic rings. The molecule has 70 valence electrons. The van der Waals surface area contributed by atoms with Crippen molar-refractivity contribution in [2.24, 2.45) is 0 Å². The minimum absolute atomic E-state index is 0.295. The average molecular weight is 179 g/mol. The number of amides is 1. The molecule has 0 aromatic heterocycles. The number of aliphatic hydroxyl groups is 1. The number of nitrogens with one attached hydrogen (secondary N) is 1. The lowest BCUT2D eigenvalue weighted by Gasteiger charge is -2.16. The monoisotopic (exact) mass is 179 g/mol. The third-order valence-corrected chi connectivity index (χ3v) is 1.96. The second kappa shape index (κ2) is 2.97. The molecular formula is C7H11F2NO2. The van der Waals surface area contributed by atoms with Gasteiger partial charge in [0, 0.05) is 0 Å². The van der Waals surface area contributed by atoms with E-state index in [-0.39, 0.29) is 0 Å². The van der Waals surface area contributed by atoms with Crippen LogP contribution in [0, 0.1) is 0 Å². The van der Waals surface area contributed by atoms with Crippen LogP contribution in [0.15, 0.2) is 0 Å². The summed E-state index contributed by atoms with van der Waals surface area (Å²) in [6.07, 6.45) is -3.17. The van der Waals surface area contributed by atoms with E-state index in [0.717, 1.165) is 0 Å². The van der Waals surface area contributed by atoms with Crippen LogP contribution in [0.1, 0.15) is 19.8 Å². The summed E-state index contributed by atoms with van der Waals surface area (Å²) in [5.74, 6) is -0.729. The lowest BCUT2D eigenvalue weighted by atomic mass is 10.2. The van der Waals surface area contributed by atoms with Crippen LogP contribution >= 0.6 is 0 Å². The molecule has 1 amide bonds. The number of aliphatic hydroxyl groups excluding tert-OH is 1. The van der Waals surface area contributed by atoms with Gasteiger partial charge in [-0.25, -0.2) is 8.78 Å². The van der Waals surface area contributed by atoms with Gasteiger partial charge in [-0.15, -0.1) is 0 Å². The Morgan fingerprint density at radius 1 is 1.58 bits per heavy atom. The fourth-order valence-electron chi connectivity index (χ4n) is 0.882. The number of hydrogen-bond donors (Lipinski definition) is 2. The second-order valence-corrected chi connectivity index (χ2v) is 3.12. The zero-order chi connectivity index (χ0) is 9.35. The Kier molecular flexibility index (Phi) is 2.32. The van der Waals surface area contributed by atoms with Crippen molar-refractivity contribution in [2.75, 3.05) is 0 Å². The Hall–Kier alpha value is -0.710. The molecule has 0 aromatic carbocycles. The molecule has 2 N–H and O–H groups in total. The molecule has 0 heterocycles. The summed E-state index contributed by atoms with van der Waals surface area (Å²) in [4.78, 5) is 10.8. The van der Waals surface area contributed by atoms with Crippen LogP contribution < -0.4 is 5.32 Å². The number of hydrogen-bond acceptors (Lipinski definition) is 2. The van der Waals surface area contributed by atoms with Gasteiger partial charge in [0.1, 0.15) is 11.6 Å². The molecule has 3 nitrogen and oxygen atoms in total. The van der Waals surface area contributed by atoms with Gasteiger partial charge < -0.3 is 10.4 Å². The molecule has 5 heteroatoms. The summed E-state index contributed by atoms with van der Waals surface area (Å²) >= 11 is 0. The Balaban J connectivity index is 2.46. The highest BCUT2D eigenvalue weighted by Gasteiger charge is 2.52. The number of rotatable bonds is 3. The molecule has 1 unspecified atom stereocenters. The van der Waals surface area contributed by atoms with Gasteiger partial charge >= 0.3 is 0 Å². The van der Waals surface area contributed by atoms with E-state index in [9.17, 15) is 13.6 Å². The van der Waals surface area contributed by atoms with E-state index in [1.54, 1.807) is 0 Å². The van der Waals surface area contributed by atoms with Gasteiger partial charge in [-0.05, 0) is 19.8 Å². The third-order valence-electron chi connectivity index (χ3n) is 1.96. The molecular weight excluding hydrogens is 168 g/mol. The summed E-state index contributed by atoms with van der Waals surface area (Å²) in [6, 6.07) is 0. The van der Waals surface area contributed by atoms with Crippen molar-refractivity contribution in [3.05, 3.63) is 0 Å². The summed E-state index contributed by atoms with van der Waals surface area (Å²) in [7, 11) is 0. The van der Waals surface area contributed by atoms with E-state index < -0.39 is 24.0 Å². The van der Waals surface area contributed by atoms with Crippen molar-refractivity contribution in [3.8, 4) is 0 Å². The van der Waals surface area contributed by atoms with Crippen LogP contribution in [-0.4, -0.2) is 29.1 Å². The third kappa shape index (κ3) is 1.72. The van der Waals surface area contributed by atoms with Gasteiger partial charge in [-0.3, -0.25) is 4.79 Å². The van der Waals surface area contributed by atoms with Crippen molar-refractivity contribution < 1.29 is 18.7 Å². The highest BCUT2D eigenvalue weighted by molar-refractivity contribution is 5.81. The Bertz CT molecular complexity index is 190. The van der Waals surface area contributed by atoms with Crippen molar-refractivity contribution in [1.82, 2.24) is 5.32 Å². The maximum atomic E-state index is 12.2. The van der Waals surface area contributed by atoms with E-state index in [1.165, 1.54) is 6.92 Å². The van der Waals surface area contributed by atoms with E-state index in [4.69, 9.17) is 5.11 Å². The highest BCUT2D eigenvalue weighted by atomic mass is 19.3. The molecule has 0 aromatic rings. The van der Waals surface area contributed by atoms with Gasteiger partial charge in [-0.1, -0.05) is 0 Å². The standard InChI is InChI=1S/C7H11F2NO2/c1-4(11)5(12)10-7(2-3-7)6(8)9/h4,6,11H,2-3H2,1H3,(H,10,12). The molecule has 1 saturated carbocycles. The number of halogens is 2. The zero-order valence-electron chi connectivity index (χ0n) is 6.68. The van der Waals surface area contributed by atoms with Gasteiger partial charge in [0.15, 0.2) is 0 Å². The molecule has 1 fully saturated rings. The molecule has 1 atom stereocenters. The van der Waals surface area contributed by atoms with Gasteiger partial charge in [0.25, 0.3) is 6.43 Å². The zero-order valence-corrected chi connectivity index (χ0v) is 6.68. The predicted octanol–water partition coefficient (Wildman–Crippen LogP) is 0.281. The molecule has 0 radical (unpaired) electrons. The lowest BCUT2D eigenvalue weighted by molar-refractivity contribution is -0.130. The minimum Gasteiger partial charge on any atom is -0.384 e. The molecule has 0 spiro atoms. The normalized spacial score (nSPS) is 22.1. The molecule has 0 aliphatic heterocycles. The quantitative estimate of drug-likeness (QED) is 0.653. The summed E-state index contributed by atoms with van der Waals surface area (Å²) in [5, 5.41) is 10.9. The maximum absolute atomic E-state index is 12.2. The van der Waals surface area contributed by atoms with Crippen LogP contribution in [0.5, 0.6) is 0 Å². The first-order chi connectivity index (χ1) is 5.48. The predicted molar refractivity (Wildman–Crippen MR) is 37.8 cm³/mol. The van der Waals surface area contributed by atoms with Crippen LogP contribution in [0.25, 0.3) is 0 Å². The average Bonchev–Trinajstić information content (AvgIpc) is 2.68. The van der Waals surface area contributed by atoms with Gasteiger partial charge in [0.2, 0.25) is 5.91 Å². The minimum atomic E-state index is -2.54. The van der Waals surface area contributed by atoms with E-state index in [2.05, 4.69) is 5.32 Å².